The van der Waals surface area contributed by atoms with Crippen LogP contribution in [0.4, 0.5) is 0 Å². The average molecular weight is 177 g/mol. The van der Waals surface area contributed by atoms with Crippen LogP contribution >= 0.6 is 12.4 Å². The molecule has 0 aromatic carbocycles. The van der Waals surface area contributed by atoms with Gasteiger partial charge in [-0.05, 0) is 6.92 Å². The van der Waals surface area contributed by atoms with Gasteiger partial charge < -0.3 is 5.11 Å². The van der Waals surface area contributed by atoms with Crippen molar-refractivity contribution in [1.82, 2.24) is 9.78 Å². The number of nitrogens with zero attached hydrogens (tertiary/aromatic N) is 2. The summed E-state index contributed by atoms with van der Waals surface area (Å²) in [7, 11) is 0. The highest BCUT2D eigenvalue weighted by molar-refractivity contribution is 5.86. The number of carboxylic acid groups (broad SMARTS) is 1. The van der Waals surface area contributed by atoms with Crippen LogP contribution < -0.4 is 0 Å². The molecular formula is C6H9ClN2O2. The molecule has 1 rings (SSSR count). The summed E-state index contributed by atoms with van der Waals surface area (Å²) >= 11 is 0. The molecule has 0 aliphatic heterocycles. The molecule has 1 heterocycles. The van der Waals surface area contributed by atoms with Crippen molar-refractivity contribution in [3.8, 4) is 0 Å². The average Bonchev–Trinajstić information content (AvgIpc) is 2.34. The van der Waals surface area contributed by atoms with Crippen molar-refractivity contribution in [2.24, 2.45) is 0 Å². The molecule has 0 saturated carbocycles. The summed E-state index contributed by atoms with van der Waals surface area (Å²) in [5.41, 5.74) is 0.238. The number of carboxylic acids is 1. The largest absolute Gasteiger partial charge is 0.478 e. The zero-order valence-corrected chi connectivity index (χ0v) is 6.84. The smallest absolute Gasteiger partial charge is 0.338 e. The summed E-state index contributed by atoms with van der Waals surface area (Å²) < 4.78 is 1.57. The van der Waals surface area contributed by atoms with Gasteiger partial charge in [0.2, 0.25) is 0 Å². The van der Waals surface area contributed by atoms with Crippen molar-refractivity contribution < 1.29 is 9.90 Å². The van der Waals surface area contributed by atoms with Crippen molar-refractivity contribution in [2.45, 2.75) is 13.5 Å². The minimum atomic E-state index is -0.931. The molecule has 0 unspecified atom stereocenters. The number of rotatable bonds is 2. The fourth-order valence-electron chi connectivity index (χ4n) is 0.647. The maximum Gasteiger partial charge on any atom is 0.338 e. The van der Waals surface area contributed by atoms with Gasteiger partial charge in [0.15, 0.2) is 0 Å². The van der Waals surface area contributed by atoms with Crippen LogP contribution in [0.1, 0.15) is 17.3 Å². The van der Waals surface area contributed by atoms with E-state index in [2.05, 4.69) is 5.10 Å². The molecule has 0 radical (unpaired) electrons. The minimum Gasteiger partial charge on any atom is -0.478 e. The van der Waals surface area contributed by atoms with E-state index in [9.17, 15) is 4.79 Å². The number of halogens is 1. The second-order valence-corrected chi connectivity index (χ2v) is 1.89. The lowest BCUT2D eigenvalue weighted by Crippen LogP contribution is -1.95. The molecule has 0 atom stereocenters. The van der Waals surface area contributed by atoms with E-state index in [-0.39, 0.29) is 18.0 Å². The number of aromatic nitrogens is 2. The molecule has 11 heavy (non-hydrogen) atoms. The van der Waals surface area contributed by atoms with Gasteiger partial charge in [-0.3, -0.25) is 4.68 Å². The molecule has 1 N–H and O–H groups in total. The number of carbonyl (C=O) groups is 1. The fraction of sp³-hybridized carbons (Fsp3) is 0.333. The lowest BCUT2D eigenvalue weighted by atomic mass is 10.4. The maximum absolute atomic E-state index is 10.3. The van der Waals surface area contributed by atoms with Crippen LogP contribution in [-0.4, -0.2) is 20.9 Å². The lowest BCUT2D eigenvalue weighted by Gasteiger charge is -1.88. The quantitative estimate of drug-likeness (QED) is 0.732. The Bertz CT molecular complexity index is 246. The molecule has 5 heteroatoms. The van der Waals surface area contributed by atoms with Gasteiger partial charge in [0.25, 0.3) is 0 Å². The number of hydrogen-bond donors (Lipinski definition) is 1. The molecule has 0 saturated heterocycles. The van der Waals surface area contributed by atoms with Gasteiger partial charge in [-0.25, -0.2) is 4.79 Å². The van der Waals surface area contributed by atoms with Crippen LogP contribution in [0.3, 0.4) is 0 Å². The third-order valence-corrected chi connectivity index (χ3v) is 1.20. The summed E-state index contributed by atoms with van der Waals surface area (Å²) in [6.07, 6.45) is 2.84. The fourth-order valence-corrected chi connectivity index (χ4v) is 0.647. The molecule has 0 bridgehead atoms. The first-order valence-electron chi connectivity index (χ1n) is 2.99. The molecule has 0 aliphatic rings. The molecule has 1 aromatic heterocycles. The molecule has 62 valence electrons. The van der Waals surface area contributed by atoms with Crippen molar-refractivity contribution in [3.05, 3.63) is 18.0 Å². The Morgan fingerprint density at radius 2 is 2.45 bits per heavy atom. The second kappa shape index (κ2) is 3.98. The van der Waals surface area contributed by atoms with E-state index >= 15 is 0 Å². The van der Waals surface area contributed by atoms with Crippen molar-refractivity contribution in [3.63, 3.8) is 0 Å². The van der Waals surface area contributed by atoms with Gasteiger partial charge in [0, 0.05) is 12.7 Å². The number of hydrogen-bond acceptors (Lipinski definition) is 2. The zero-order chi connectivity index (χ0) is 7.56. The van der Waals surface area contributed by atoms with Crippen LogP contribution in [-0.2, 0) is 6.54 Å². The highest BCUT2D eigenvalue weighted by Crippen LogP contribution is 1.95. The SMILES string of the molecule is CCn1cc(C(=O)O)cn1.Cl. The Labute approximate surface area is 70.2 Å². The second-order valence-electron chi connectivity index (χ2n) is 1.89. The Hall–Kier alpha value is -1.03. The Morgan fingerprint density at radius 3 is 2.73 bits per heavy atom. The molecule has 0 spiro atoms. The van der Waals surface area contributed by atoms with E-state index in [0.29, 0.717) is 6.54 Å². The molecule has 0 aliphatic carbocycles. The van der Waals surface area contributed by atoms with Crippen molar-refractivity contribution in [2.75, 3.05) is 0 Å². The van der Waals surface area contributed by atoms with Gasteiger partial charge in [0.1, 0.15) is 0 Å². The lowest BCUT2D eigenvalue weighted by molar-refractivity contribution is 0.0697. The van der Waals surface area contributed by atoms with Crippen molar-refractivity contribution in [1.29, 1.82) is 0 Å². The van der Waals surface area contributed by atoms with Gasteiger partial charge >= 0.3 is 5.97 Å². The first-order chi connectivity index (χ1) is 4.74. The number of aromatic carboxylic acids is 1. The third-order valence-electron chi connectivity index (χ3n) is 1.20. The third kappa shape index (κ3) is 2.23. The van der Waals surface area contributed by atoms with Crippen LogP contribution in [0.5, 0.6) is 0 Å². The highest BCUT2D eigenvalue weighted by atomic mass is 35.5. The predicted molar refractivity (Wildman–Crippen MR) is 42.1 cm³/mol. The van der Waals surface area contributed by atoms with E-state index in [0.717, 1.165) is 0 Å². The van der Waals surface area contributed by atoms with Gasteiger partial charge in [-0.15, -0.1) is 12.4 Å². The van der Waals surface area contributed by atoms with Gasteiger partial charge in [0.05, 0.1) is 11.8 Å². The first-order valence-corrected chi connectivity index (χ1v) is 2.99. The summed E-state index contributed by atoms with van der Waals surface area (Å²) in [4.78, 5) is 10.3. The molecule has 0 fully saturated rings. The summed E-state index contributed by atoms with van der Waals surface area (Å²) in [5.74, 6) is -0.931. The predicted octanol–water partition coefficient (Wildman–Crippen LogP) is 1.02. The van der Waals surface area contributed by atoms with Gasteiger partial charge in [-0.1, -0.05) is 0 Å². The first kappa shape index (κ1) is 9.97. The van der Waals surface area contributed by atoms with Crippen LogP contribution in [0.15, 0.2) is 12.4 Å². The zero-order valence-electron chi connectivity index (χ0n) is 6.02. The molecule has 0 amide bonds. The molecular weight excluding hydrogens is 168 g/mol. The Balaban J connectivity index is 0.000001000. The molecule has 1 aromatic rings. The Kier molecular flexibility index (Phi) is 3.60. The standard InChI is InChI=1S/C6H8N2O2.ClH/c1-2-8-4-5(3-7-8)6(9)10;/h3-4H,2H2,1H3,(H,9,10);1H. The topological polar surface area (TPSA) is 55.1 Å². The van der Waals surface area contributed by atoms with Gasteiger partial charge in [-0.2, -0.15) is 5.10 Å². The highest BCUT2D eigenvalue weighted by Gasteiger charge is 2.03. The minimum absolute atomic E-state index is 0. The van der Waals surface area contributed by atoms with E-state index in [1.807, 2.05) is 6.92 Å². The van der Waals surface area contributed by atoms with Crippen LogP contribution in [0, 0.1) is 0 Å². The van der Waals surface area contributed by atoms with Crippen LogP contribution in [0.25, 0.3) is 0 Å². The van der Waals surface area contributed by atoms with Crippen molar-refractivity contribution >= 4 is 18.4 Å². The van der Waals surface area contributed by atoms with E-state index in [1.54, 1.807) is 4.68 Å². The molecule has 4 nitrogen and oxygen atoms in total. The monoisotopic (exact) mass is 176 g/mol. The van der Waals surface area contributed by atoms with E-state index in [4.69, 9.17) is 5.11 Å². The summed E-state index contributed by atoms with van der Waals surface area (Å²) in [6, 6.07) is 0. The number of aryl methyl sites for hydroxylation is 1. The Morgan fingerprint density at radius 1 is 1.82 bits per heavy atom. The van der Waals surface area contributed by atoms with Crippen LogP contribution in [0.2, 0.25) is 0 Å². The van der Waals surface area contributed by atoms with E-state index in [1.165, 1.54) is 12.4 Å². The summed E-state index contributed by atoms with van der Waals surface area (Å²) in [5, 5.41) is 12.2. The van der Waals surface area contributed by atoms with E-state index < -0.39 is 5.97 Å². The summed E-state index contributed by atoms with van der Waals surface area (Å²) in [6.45, 7) is 2.60. The maximum atomic E-state index is 10.3. The normalized spacial score (nSPS) is 8.82.